The molecule has 0 aliphatic rings. The highest BCUT2D eigenvalue weighted by atomic mass is 127. The molecule has 3 nitrogen and oxygen atoms in total. The number of benzene rings is 1. The van der Waals surface area contributed by atoms with Gasteiger partial charge in [-0.1, -0.05) is 18.7 Å². The molecule has 0 atom stereocenters. The van der Waals surface area contributed by atoms with Gasteiger partial charge < -0.3 is 10.5 Å². The summed E-state index contributed by atoms with van der Waals surface area (Å²) in [5.74, 6) is -0.416. The summed E-state index contributed by atoms with van der Waals surface area (Å²) in [5.41, 5.74) is 6.58. The van der Waals surface area contributed by atoms with Gasteiger partial charge >= 0.3 is 5.97 Å². The summed E-state index contributed by atoms with van der Waals surface area (Å²) in [5, 5.41) is 0. The van der Waals surface area contributed by atoms with Crippen molar-refractivity contribution in [2.45, 2.75) is 0 Å². The van der Waals surface area contributed by atoms with Crippen LogP contribution < -0.4 is 5.73 Å². The van der Waals surface area contributed by atoms with Crippen LogP contribution in [0.3, 0.4) is 0 Å². The third kappa shape index (κ3) is 2.47. The van der Waals surface area contributed by atoms with Gasteiger partial charge in [0.1, 0.15) is 6.61 Å². The number of anilines is 1. The molecule has 1 aromatic carbocycles. The van der Waals surface area contributed by atoms with Crippen LogP contribution in [0.5, 0.6) is 0 Å². The van der Waals surface area contributed by atoms with Gasteiger partial charge in [-0.25, -0.2) is 4.79 Å². The maximum Gasteiger partial charge on any atom is 0.340 e. The lowest BCUT2D eigenvalue weighted by Gasteiger charge is -2.06. The average molecular weight is 303 g/mol. The van der Waals surface area contributed by atoms with Crippen LogP contribution in [0.2, 0.25) is 0 Å². The zero-order chi connectivity index (χ0) is 10.6. The second-order valence-electron chi connectivity index (χ2n) is 2.59. The van der Waals surface area contributed by atoms with Crippen LogP contribution in [-0.4, -0.2) is 12.6 Å². The van der Waals surface area contributed by atoms with E-state index in [0.717, 1.165) is 3.57 Å². The number of ether oxygens (including phenoxy) is 1. The lowest BCUT2D eigenvalue weighted by atomic mass is 10.2. The molecule has 14 heavy (non-hydrogen) atoms. The zero-order valence-electron chi connectivity index (χ0n) is 7.50. The molecule has 0 spiro atoms. The summed E-state index contributed by atoms with van der Waals surface area (Å²) in [6.45, 7) is 3.65. The number of esters is 1. The van der Waals surface area contributed by atoms with Gasteiger partial charge in [0.2, 0.25) is 0 Å². The predicted molar refractivity (Wildman–Crippen MR) is 64.1 cm³/mol. The van der Waals surface area contributed by atoms with Crippen LogP contribution in [0.1, 0.15) is 10.4 Å². The normalized spacial score (nSPS) is 9.50. The first-order chi connectivity index (χ1) is 6.66. The van der Waals surface area contributed by atoms with E-state index >= 15 is 0 Å². The van der Waals surface area contributed by atoms with Crippen molar-refractivity contribution in [3.05, 3.63) is 40.0 Å². The van der Waals surface area contributed by atoms with E-state index < -0.39 is 5.97 Å². The number of hydrogen-bond donors (Lipinski definition) is 1. The topological polar surface area (TPSA) is 52.3 Å². The number of halogens is 1. The highest BCUT2D eigenvalue weighted by Gasteiger charge is 2.11. The molecule has 0 saturated carbocycles. The summed E-state index contributed by atoms with van der Waals surface area (Å²) >= 11 is 2.07. The van der Waals surface area contributed by atoms with Crippen molar-refractivity contribution in [2.24, 2.45) is 0 Å². The predicted octanol–water partition coefficient (Wildman–Crippen LogP) is 2.22. The lowest BCUT2D eigenvalue weighted by Crippen LogP contribution is -2.09. The van der Waals surface area contributed by atoms with Crippen LogP contribution in [-0.2, 0) is 4.74 Å². The number of nitrogen functional groups attached to an aromatic ring is 1. The Kier molecular flexibility index (Phi) is 3.94. The van der Waals surface area contributed by atoms with Gasteiger partial charge in [-0.2, -0.15) is 0 Å². The number of carbonyl (C=O) groups excluding carboxylic acids is 1. The van der Waals surface area contributed by atoms with E-state index in [-0.39, 0.29) is 6.61 Å². The quantitative estimate of drug-likeness (QED) is 0.403. The zero-order valence-corrected chi connectivity index (χ0v) is 9.65. The van der Waals surface area contributed by atoms with E-state index in [1.807, 2.05) is 6.07 Å². The van der Waals surface area contributed by atoms with Crippen molar-refractivity contribution in [3.8, 4) is 0 Å². The van der Waals surface area contributed by atoms with E-state index in [9.17, 15) is 4.79 Å². The van der Waals surface area contributed by atoms with Crippen LogP contribution in [0.25, 0.3) is 0 Å². The van der Waals surface area contributed by atoms with E-state index in [1.54, 1.807) is 12.1 Å². The minimum Gasteiger partial charge on any atom is -0.458 e. The monoisotopic (exact) mass is 303 g/mol. The van der Waals surface area contributed by atoms with Crippen molar-refractivity contribution in [2.75, 3.05) is 12.3 Å². The molecule has 1 rings (SSSR count). The summed E-state index contributed by atoms with van der Waals surface area (Å²) in [7, 11) is 0. The Morgan fingerprint density at radius 2 is 2.36 bits per heavy atom. The van der Waals surface area contributed by atoms with Gasteiger partial charge in [-0.05, 0) is 34.7 Å². The Morgan fingerprint density at radius 3 is 3.00 bits per heavy atom. The minimum atomic E-state index is -0.416. The van der Waals surface area contributed by atoms with Crippen LogP contribution in [0.4, 0.5) is 5.69 Å². The summed E-state index contributed by atoms with van der Waals surface area (Å²) in [6, 6.07) is 5.24. The number of hydrogen-bond acceptors (Lipinski definition) is 3. The maximum absolute atomic E-state index is 11.4. The summed E-state index contributed by atoms with van der Waals surface area (Å²) in [6.07, 6.45) is 1.52. The molecular formula is C10H10INO2. The molecule has 4 heteroatoms. The Balaban J connectivity index is 2.89. The molecule has 0 saturated heterocycles. The number of para-hydroxylation sites is 1. The summed E-state index contributed by atoms with van der Waals surface area (Å²) < 4.78 is 5.72. The third-order valence-electron chi connectivity index (χ3n) is 1.61. The molecule has 2 N–H and O–H groups in total. The van der Waals surface area contributed by atoms with Crippen LogP contribution in [0.15, 0.2) is 30.9 Å². The average Bonchev–Trinajstić information content (AvgIpc) is 2.18. The van der Waals surface area contributed by atoms with E-state index in [1.165, 1.54) is 6.08 Å². The fourth-order valence-corrected chi connectivity index (χ4v) is 1.43. The van der Waals surface area contributed by atoms with Crippen molar-refractivity contribution < 1.29 is 9.53 Å². The van der Waals surface area contributed by atoms with Crippen molar-refractivity contribution in [1.82, 2.24) is 0 Å². The molecular weight excluding hydrogens is 293 g/mol. The largest absolute Gasteiger partial charge is 0.458 e. The molecule has 0 aliphatic heterocycles. The van der Waals surface area contributed by atoms with Gasteiger partial charge in [-0.15, -0.1) is 0 Å². The van der Waals surface area contributed by atoms with Gasteiger partial charge in [0.05, 0.1) is 11.3 Å². The Bertz CT molecular complexity index is 363. The fraction of sp³-hybridized carbons (Fsp3) is 0.100. The lowest BCUT2D eigenvalue weighted by molar-refractivity contribution is 0.0551. The molecule has 0 bridgehead atoms. The Morgan fingerprint density at radius 1 is 1.64 bits per heavy atom. The van der Waals surface area contributed by atoms with Crippen molar-refractivity contribution in [1.29, 1.82) is 0 Å². The first-order valence-electron chi connectivity index (χ1n) is 3.99. The van der Waals surface area contributed by atoms with Gasteiger partial charge in [-0.3, -0.25) is 0 Å². The Labute approximate surface area is 96.1 Å². The molecule has 0 fully saturated rings. The van der Waals surface area contributed by atoms with Crippen molar-refractivity contribution >= 4 is 34.2 Å². The van der Waals surface area contributed by atoms with Gasteiger partial charge in [0, 0.05) is 3.57 Å². The molecule has 0 heterocycles. The molecule has 74 valence electrons. The first-order valence-corrected chi connectivity index (χ1v) is 5.06. The van der Waals surface area contributed by atoms with Crippen LogP contribution in [0, 0.1) is 3.57 Å². The van der Waals surface area contributed by atoms with Crippen LogP contribution >= 0.6 is 22.6 Å². The first kappa shape index (κ1) is 11.0. The smallest absolute Gasteiger partial charge is 0.340 e. The highest BCUT2D eigenvalue weighted by Crippen LogP contribution is 2.19. The number of nitrogens with two attached hydrogens (primary N) is 1. The third-order valence-corrected chi connectivity index (χ3v) is 2.55. The molecule has 1 aromatic rings. The highest BCUT2D eigenvalue weighted by molar-refractivity contribution is 14.1. The van der Waals surface area contributed by atoms with Crippen molar-refractivity contribution in [3.63, 3.8) is 0 Å². The minimum absolute atomic E-state index is 0.198. The second kappa shape index (κ2) is 4.99. The standard InChI is InChI=1S/C10H10INO2/c1-2-6-14-10(13)7-4-3-5-8(11)9(7)12/h2-5H,1,6,12H2. The molecule has 0 amide bonds. The SMILES string of the molecule is C=CCOC(=O)c1cccc(I)c1N. The van der Waals surface area contributed by atoms with E-state index in [0.29, 0.717) is 11.3 Å². The summed E-state index contributed by atoms with van der Waals surface area (Å²) in [4.78, 5) is 11.4. The van der Waals surface area contributed by atoms with Gasteiger partial charge in [0.25, 0.3) is 0 Å². The fourth-order valence-electron chi connectivity index (χ4n) is 0.927. The number of rotatable bonds is 3. The molecule has 0 aliphatic carbocycles. The van der Waals surface area contributed by atoms with E-state index in [4.69, 9.17) is 10.5 Å². The number of carbonyl (C=O) groups is 1. The van der Waals surface area contributed by atoms with E-state index in [2.05, 4.69) is 29.2 Å². The second-order valence-corrected chi connectivity index (χ2v) is 3.75. The Hall–Kier alpha value is -1.04. The molecule has 0 aromatic heterocycles. The maximum atomic E-state index is 11.4. The molecule has 0 radical (unpaired) electrons. The molecule has 0 unspecified atom stereocenters. The van der Waals surface area contributed by atoms with Gasteiger partial charge in [0.15, 0.2) is 0 Å².